The molecule has 2 rings (SSSR count). The number of anilines is 1. The first kappa shape index (κ1) is 12.0. The molecule has 0 radical (unpaired) electrons. The summed E-state index contributed by atoms with van der Waals surface area (Å²) in [4.78, 5) is 14.5. The molecule has 7 heteroatoms. The largest absolute Gasteiger partial charge is 0.357 e. The third-order valence-corrected chi connectivity index (χ3v) is 3.33. The van der Waals surface area contributed by atoms with Crippen molar-refractivity contribution in [1.29, 1.82) is 0 Å². The number of nitro groups is 1. The Morgan fingerprint density at radius 1 is 1.53 bits per heavy atom. The number of hydrogen-bond donors (Lipinski definition) is 1. The van der Waals surface area contributed by atoms with Crippen molar-refractivity contribution in [1.82, 2.24) is 4.98 Å². The van der Waals surface area contributed by atoms with Crippen LogP contribution in [0.3, 0.4) is 0 Å². The van der Waals surface area contributed by atoms with Crippen LogP contribution in [0.25, 0.3) is 0 Å². The van der Waals surface area contributed by atoms with Crippen LogP contribution in [0.15, 0.2) is 34.2 Å². The van der Waals surface area contributed by atoms with Crippen LogP contribution in [0, 0.1) is 10.1 Å². The number of hydrogen-bond acceptors (Lipinski definition) is 5. The van der Waals surface area contributed by atoms with Crippen LogP contribution in [-0.2, 0) is 6.54 Å². The molecule has 2 aromatic rings. The molecule has 1 N–H and O–H groups in total. The number of nitro benzene ring substituents is 1. The predicted molar refractivity (Wildman–Crippen MR) is 70.2 cm³/mol. The lowest BCUT2D eigenvalue weighted by Crippen LogP contribution is -2.02. The smallest absolute Gasteiger partial charge is 0.275 e. The first-order valence-electron chi connectivity index (χ1n) is 4.73. The number of aromatic nitrogens is 1. The minimum absolute atomic E-state index is 0.100. The van der Waals surface area contributed by atoms with Crippen molar-refractivity contribution in [3.63, 3.8) is 0 Å². The van der Waals surface area contributed by atoms with Crippen LogP contribution in [0.1, 0.15) is 5.56 Å². The van der Waals surface area contributed by atoms with E-state index in [1.54, 1.807) is 18.3 Å². The predicted octanol–water partition coefficient (Wildman–Crippen LogP) is 3.43. The second kappa shape index (κ2) is 5.24. The van der Waals surface area contributed by atoms with Crippen molar-refractivity contribution in [3.8, 4) is 0 Å². The molecule has 0 unspecified atom stereocenters. The van der Waals surface area contributed by atoms with E-state index in [-0.39, 0.29) is 10.6 Å². The third-order valence-electron chi connectivity index (χ3n) is 2.11. The second-order valence-corrected chi connectivity index (χ2v) is 5.03. The molecule has 0 saturated heterocycles. The maximum atomic E-state index is 10.9. The van der Waals surface area contributed by atoms with Gasteiger partial charge >= 0.3 is 0 Å². The molecule has 17 heavy (non-hydrogen) atoms. The molecule has 0 aliphatic carbocycles. The van der Waals surface area contributed by atoms with Gasteiger partial charge in [0.2, 0.25) is 0 Å². The normalized spacial score (nSPS) is 10.2. The molecular weight excluding hydrogens is 306 g/mol. The number of nitrogens with one attached hydrogen (secondary N) is 1. The van der Waals surface area contributed by atoms with Crippen LogP contribution >= 0.6 is 27.3 Å². The maximum Gasteiger partial charge on any atom is 0.275 e. The van der Waals surface area contributed by atoms with E-state index in [9.17, 15) is 10.1 Å². The summed E-state index contributed by atoms with van der Waals surface area (Å²) in [5, 5.41) is 16.5. The Hall–Kier alpha value is -1.47. The topological polar surface area (TPSA) is 68.1 Å². The molecule has 0 saturated carbocycles. The van der Waals surface area contributed by atoms with Gasteiger partial charge in [0.05, 0.1) is 4.92 Å². The lowest BCUT2D eigenvalue weighted by atomic mass is 10.2. The van der Waals surface area contributed by atoms with Gasteiger partial charge in [-0.15, -0.1) is 11.3 Å². The summed E-state index contributed by atoms with van der Waals surface area (Å²) in [6, 6.07) is 5.01. The van der Waals surface area contributed by atoms with E-state index in [0.717, 1.165) is 5.13 Å². The summed E-state index contributed by atoms with van der Waals surface area (Å²) in [5.41, 5.74) is 0.733. The second-order valence-electron chi connectivity index (χ2n) is 3.22. The van der Waals surface area contributed by atoms with Crippen molar-refractivity contribution < 1.29 is 4.92 Å². The van der Waals surface area contributed by atoms with Crippen molar-refractivity contribution in [2.45, 2.75) is 6.54 Å². The number of halogens is 1. The van der Waals surface area contributed by atoms with E-state index >= 15 is 0 Å². The highest BCUT2D eigenvalue weighted by atomic mass is 79.9. The summed E-state index contributed by atoms with van der Waals surface area (Å²) >= 11 is 4.68. The highest BCUT2D eigenvalue weighted by Crippen LogP contribution is 2.24. The fourth-order valence-electron chi connectivity index (χ4n) is 1.34. The molecule has 0 aliphatic rings. The van der Waals surface area contributed by atoms with Crippen LogP contribution in [0.4, 0.5) is 10.8 Å². The van der Waals surface area contributed by atoms with Crippen molar-refractivity contribution in [2.75, 3.05) is 5.32 Å². The molecule has 5 nitrogen and oxygen atoms in total. The summed E-state index contributed by atoms with van der Waals surface area (Å²) in [5.74, 6) is 0. The molecule has 88 valence electrons. The SMILES string of the molecule is O=[N+]([O-])c1cc(Br)ccc1CNc1nccs1. The monoisotopic (exact) mass is 313 g/mol. The molecule has 0 amide bonds. The molecule has 1 heterocycles. The molecular formula is C10H8BrN3O2S. The van der Waals surface area contributed by atoms with E-state index in [2.05, 4.69) is 26.2 Å². The summed E-state index contributed by atoms with van der Waals surface area (Å²) in [6.45, 7) is 0.386. The summed E-state index contributed by atoms with van der Waals surface area (Å²) in [6.07, 6.45) is 1.68. The zero-order chi connectivity index (χ0) is 12.3. The molecule has 0 fully saturated rings. The molecule has 0 atom stereocenters. The molecule has 1 aromatic carbocycles. The highest BCUT2D eigenvalue weighted by molar-refractivity contribution is 9.10. The van der Waals surface area contributed by atoms with Gasteiger partial charge in [0.25, 0.3) is 5.69 Å². The number of thiazole rings is 1. The Morgan fingerprint density at radius 2 is 2.35 bits per heavy atom. The van der Waals surface area contributed by atoms with Crippen molar-refractivity contribution in [3.05, 3.63) is 49.9 Å². The molecule has 0 aliphatic heterocycles. The molecule has 1 aromatic heterocycles. The number of rotatable bonds is 4. The minimum atomic E-state index is -0.385. The Bertz CT molecular complexity index is 530. The van der Waals surface area contributed by atoms with Crippen molar-refractivity contribution >= 4 is 38.1 Å². The fourth-order valence-corrected chi connectivity index (χ4v) is 2.21. The first-order chi connectivity index (χ1) is 8.16. The zero-order valence-corrected chi connectivity index (χ0v) is 11.0. The Labute approximate surface area is 110 Å². The van der Waals surface area contributed by atoms with E-state index in [1.165, 1.54) is 17.4 Å². The molecule has 0 bridgehead atoms. The number of benzene rings is 1. The average Bonchev–Trinajstić information content (AvgIpc) is 2.80. The Kier molecular flexibility index (Phi) is 3.70. The van der Waals surface area contributed by atoms with Gasteiger partial charge in [0.15, 0.2) is 5.13 Å². The van der Waals surface area contributed by atoms with Gasteiger partial charge in [0, 0.05) is 34.2 Å². The van der Waals surface area contributed by atoms with Gasteiger partial charge < -0.3 is 5.32 Å². The Balaban J connectivity index is 2.17. The average molecular weight is 314 g/mol. The van der Waals surface area contributed by atoms with E-state index in [4.69, 9.17) is 0 Å². The van der Waals surface area contributed by atoms with Crippen LogP contribution in [-0.4, -0.2) is 9.91 Å². The zero-order valence-electron chi connectivity index (χ0n) is 8.59. The number of nitrogens with zero attached hydrogens (tertiary/aromatic N) is 2. The van der Waals surface area contributed by atoms with Gasteiger partial charge in [-0.25, -0.2) is 4.98 Å². The summed E-state index contributed by atoms with van der Waals surface area (Å²) in [7, 11) is 0. The Morgan fingerprint density at radius 3 is 3.00 bits per heavy atom. The van der Waals surface area contributed by atoms with Crippen LogP contribution in [0.5, 0.6) is 0 Å². The van der Waals surface area contributed by atoms with Gasteiger partial charge in [0.1, 0.15) is 0 Å². The quantitative estimate of drug-likeness (QED) is 0.693. The van der Waals surface area contributed by atoms with Gasteiger partial charge in [-0.05, 0) is 12.1 Å². The van der Waals surface area contributed by atoms with Crippen LogP contribution < -0.4 is 5.32 Å². The lowest BCUT2D eigenvalue weighted by Gasteiger charge is -2.04. The fraction of sp³-hybridized carbons (Fsp3) is 0.100. The standard InChI is InChI=1S/C10H8BrN3O2S/c11-8-2-1-7(9(5-8)14(15)16)6-13-10-12-3-4-17-10/h1-5H,6H2,(H,12,13). The van der Waals surface area contributed by atoms with Gasteiger partial charge in [-0.1, -0.05) is 15.9 Å². The van der Waals surface area contributed by atoms with Gasteiger partial charge in [-0.3, -0.25) is 10.1 Å². The summed E-state index contributed by atoms with van der Waals surface area (Å²) < 4.78 is 0.696. The van der Waals surface area contributed by atoms with Crippen molar-refractivity contribution in [2.24, 2.45) is 0 Å². The van der Waals surface area contributed by atoms with E-state index < -0.39 is 0 Å². The third kappa shape index (κ3) is 3.01. The van der Waals surface area contributed by atoms with E-state index in [1.807, 2.05) is 5.38 Å². The lowest BCUT2D eigenvalue weighted by molar-refractivity contribution is -0.385. The molecule has 0 spiro atoms. The maximum absolute atomic E-state index is 10.9. The minimum Gasteiger partial charge on any atom is -0.357 e. The first-order valence-corrected chi connectivity index (χ1v) is 6.40. The van der Waals surface area contributed by atoms with Crippen LogP contribution in [0.2, 0.25) is 0 Å². The van der Waals surface area contributed by atoms with Gasteiger partial charge in [-0.2, -0.15) is 0 Å². The van der Waals surface area contributed by atoms with E-state index in [0.29, 0.717) is 16.6 Å². The highest BCUT2D eigenvalue weighted by Gasteiger charge is 2.13.